The lowest BCUT2D eigenvalue weighted by Gasteiger charge is -2.24. The van der Waals surface area contributed by atoms with Crippen molar-refractivity contribution in [1.82, 2.24) is 10.0 Å². The number of hydrogen-bond acceptors (Lipinski definition) is 4. The Bertz CT molecular complexity index is 766. The Kier molecular flexibility index (Phi) is 4.68. The van der Waals surface area contributed by atoms with Gasteiger partial charge in [-0.1, -0.05) is 24.3 Å². The van der Waals surface area contributed by atoms with Crippen LogP contribution in [0.15, 0.2) is 53.4 Å². The topological polar surface area (TPSA) is 50.4 Å². The summed E-state index contributed by atoms with van der Waals surface area (Å²) in [7, 11) is 1.72. The minimum absolute atomic E-state index is 0.0900. The Hall–Kier alpha value is -1.98. The molecule has 4 nitrogen and oxygen atoms in total. The fourth-order valence-electron chi connectivity index (χ4n) is 4.03. The van der Waals surface area contributed by atoms with Gasteiger partial charge in [-0.15, -0.1) is 0 Å². The molecule has 2 fully saturated rings. The summed E-state index contributed by atoms with van der Waals surface area (Å²) in [5.74, 6) is 2.14. The van der Waals surface area contributed by atoms with E-state index >= 15 is 0 Å². The molecule has 4 rings (SSSR count). The molecule has 5 heteroatoms. The molecule has 3 atom stereocenters. The third-order valence-electron chi connectivity index (χ3n) is 5.27. The molecule has 2 N–H and O–H groups in total. The van der Waals surface area contributed by atoms with E-state index in [2.05, 4.69) is 22.2 Å². The van der Waals surface area contributed by atoms with Gasteiger partial charge in [-0.3, -0.25) is 9.52 Å². The second-order valence-electron chi connectivity index (χ2n) is 6.75. The van der Waals surface area contributed by atoms with Crippen molar-refractivity contribution in [3.05, 3.63) is 59.7 Å². The van der Waals surface area contributed by atoms with Gasteiger partial charge in [-0.05, 0) is 73.0 Å². The van der Waals surface area contributed by atoms with Crippen LogP contribution in [0.2, 0.25) is 0 Å². The number of carbonyl (C=O) groups excluding carboxylic acids is 1. The Morgan fingerprint density at radius 3 is 2.72 bits per heavy atom. The normalized spacial score (nSPS) is 24.3. The van der Waals surface area contributed by atoms with E-state index in [1.165, 1.54) is 30.4 Å². The van der Waals surface area contributed by atoms with Gasteiger partial charge < -0.3 is 10.1 Å². The van der Waals surface area contributed by atoms with E-state index in [0.717, 1.165) is 23.1 Å². The number of hydrogen-bond donors (Lipinski definition) is 2. The maximum Gasteiger partial charge on any atom is 0.261 e. The van der Waals surface area contributed by atoms with Crippen LogP contribution < -0.4 is 14.8 Å². The number of fused-ring (bicyclic) bond motifs is 2. The monoisotopic (exact) mass is 354 g/mol. The summed E-state index contributed by atoms with van der Waals surface area (Å²) in [6, 6.07) is 16.2. The smallest absolute Gasteiger partial charge is 0.261 e. The average molecular weight is 354 g/mol. The van der Waals surface area contributed by atoms with Gasteiger partial charge in [0, 0.05) is 16.5 Å². The summed E-state index contributed by atoms with van der Waals surface area (Å²) >= 11 is 1.33. The third kappa shape index (κ3) is 3.39. The lowest BCUT2D eigenvalue weighted by Crippen LogP contribution is -2.28. The Morgan fingerprint density at radius 2 is 2.04 bits per heavy atom. The Morgan fingerprint density at radius 1 is 1.20 bits per heavy atom. The van der Waals surface area contributed by atoms with Gasteiger partial charge in [0.25, 0.3) is 5.91 Å². The SMILES string of the molecule is COc1cc(SNC(=O)c2ccccc2)ccc1C1CC2CC1CN2. The van der Waals surface area contributed by atoms with Crippen molar-refractivity contribution in [2.75, 3.05) is 13.7 Å². The van der Waals surface area contributed by atoms with Gasteiger partial charge in [0.15, 0.2) is 0 Å². The maximum absolute atomic E-state index is 12.2. The van der Waals surface area contributed by atoms with E-state index in [1.807, 2.05) is 36.4 Å². The molecule has 1 saturated carbocycles. The van der Waals surface area contributed by atoms with Crippen LogP contribution in [0, 0.1) is 5.92 Å². The lowest BCUT2D eigenvalue weighted by molar-refractivity contribution is 0.0984. The van der Waals surface area contributed by atoms with Crippen molar-refractivity contribution in [2.45, 2.75) is 29.7 Å². The molecular formula is C20H22N2O2S. The molecule has 0 spiro atoms. The molecule has 1 heterocycles. The van der Waals surface area contributed by atoms with Crippen molar-refractivity contribution < 1.29 is 9.53 Å². The molecule has 2 aliphatic rings. The molecule has 0 aromatic heterocycles. The van der Waals surface area contributed by atoms with Crippen molar-refractivity contribution in [3.8, 4) is 5.75 Å². The number of benzene rings is 2. The Balaban J connectivity index is 1.45. The first kappa shape index (κ1) is 16.5. The summed E-state index contributed by atoms with van der Waals surface area (Å²) in [5.41, 5.74) is 1.96. The molecule has 1 aliphatic carbocycles. The molecule has 2 aromatic rings. The first-order valence-corrected chi connectivity index (χ1v) is 9.50. The van der Waals surface area contributed by atoms with E-state index in [9.17, 15) is 4.79 Å². The summed E-state index contributed by atoms with van der Waals surface area (Å²) in [6.45, 7) is 1.11. The molecule has 25 heavy (non-hydrogen) atoms. The molecular weight excluding hydrogens is 332 g/mol. The van der Waals surface area contributed by atoms with Gasteiger partial charge in [-0.2, -0.15) is 0 Å². The van der Waals surface area contributed by atoms with E-state index < -0.39 is 0 Å². The molecule has 1 saturated heterocycles. The van der Waals surface area contributed by atoms with Gasteiger partial charge in [-0.25, -0.2) is 0 Å². The van der Waals surface area contributed by atoms with Crippen molar-refractivity contribution in [3.63, 3.8) is 0 Å². The van der Waals surface area contributed by atoms with Crippen LogP contribution in [0.25, 0.3) is 0 Å². The summed E-state index contributed by atoms with van der Waals surface area (Å²) in [6.07, 6.45) is 2.47. The van der Waals surface area contributed by atoms with Crippen LogP contribution in [0.3, 0.4) is 0 Å². The summed E-state index contributed by atoms with van der Waals surface area (Å²) < 4.78 is 8.55. The van der Waals surface area contributed by atoms with Gasteiger partial charge in [0.2, 0.25) is 0 Å². The number of methoxy groups -OCH3 is 1. The van der Waals surface area contributed by atoms with E-state index in [-0.39, 0.29) is 5.91 Å². The number of ether oxygens (including phenoxy) is 1. The fourth-order valence-corrected chi connectivity index (χ4v) is 4.66. The largest absolute Gasteiger partial charge is 0.496 e. The number of amides is 1. The quantitative estimate of drug-likeness (QED) is 0.806. The van der Waals surface area contributed by atoms with Crippen molar-refractivity contribution in [2.24, 2.45) is 5.92 Å². The zero-order valence-corrected chi connectivity index (χ0v) is 15.0. The number of carbonyl (C=O) groups is 1. The highest BCUT2D eigenvalue weighted by molar-refractivity contribution is 7.98. The molecule has 130 valence electrons. The van der Waals surface area contributed by atoms with Crippen LogP contribution >= 0.6 is 11.9 Å². The van der Waals surface area contributed by atoms with Crippen LogP contribution in [-0.4, -0.2) is 25.6 Å². The predicted octanol–water partition coefficient (Wildman–Crippen LogP) is 3.60. The molecule has 3 unspecified atom stereocenters. The zero-order valence-electron chi connectivity index (χ0n) is 14.2. The Labute approximate surface area is 152 Å². The van der Waals surface area contributed by atoms with Gasteiger partial charge in [0.1, 0.15) is 5.75 Å². The molecule has 0 radical (unpaired) electrons. The fraction of sp³-hybridized carbons (Fsp3) is 0.350. The lowest BCUT2D eigenvalue weighted by atomic mass is 9.87. The third-order valence-corrected chi connectivity index (χ3v) is 6.04. The first-order chi connectivity index (χ1) is 12.2. The number of piperidine rings is 1. The second-order valence-corrected chi connectivity index (χ2v) is 7.63. The van der Waals surface area contributed by atoms with Gasteiger partial charge in [0.05, 0.1) is 7.11 Å². The van der Waals surface area contributed by atoms with Crippen LogP contribution in [0.5, 0.6) is 5.75 Å². The zero-order chi connectivity index (χ0) is 17.2. The van der Waals surface area contributed by atoms with Crippen LogP contribution in [-0.2, 0) is 0 Å². The average Bonchev–Trinajstić information content (AvgIpc) is 3.30. The van der Waals surface area contributed by atoms with Crippen LogP contribution in [0.4, 0.5) is 0 Å². The van der Waals surface area contributed by atoms with Crippen molar-refractivity contribution in [1.29, 1.82) is 0 Å². The van der Waals surface area contributed by atoms with Gasteiger partial charge >= 0.3 is 0 Å². The summed E-state index contributed by atoms with van der Waals surface area (Å²) in [5, 5.41) is 3.56. The molecule has 2 aromatic carbocycles. The number of rotatable bonds is 5. The molecule has 2 bridgehead atoms. The summed E-state index contributed by atoms with van der Waals surface area (Å²) in [4.78, 5) is 13.1. The highest BCUT2D eigenvalue weighted by Crippen LogP contribution is 2.46. The van der Waals surface area contributed by atoms with Crippen molar-refractivity contribution >= 4 is 17.9 Å². The second kappa shape index (κ2) is 7.10. The minimum Gasteiger partial charge on any atom is -0.496 e. The van der Waals surface area contributed by atoms with E-state index in [0.29, 0.717) is 17.5 Å². The molecule has 1 amide bonds. The standard InChI is InChI=1S/C20H22N2O2S/c1-24-19-11-16(25-22-20(23)13-5-3-2-4-6-13)7-8-17(19)18-10-15-9-14(18)12-21-15/h2-8,11,14-15,18,21H,9-10,12H2,1H3,(H,22,23). The van der Waals surface area contributed by atoms with E-state index in [1.54, 1.807) is 7.11 Å². The minimum atomic E-state index is -0.0900. The highest BCUT2D eigenvalue weighted by Gasteiger charge is 2.41. The number of nitrogens with one attached hydrogen (secondary N) is 2. The first-order valence-electron chi connectivity index (χ1n) is 8.68. The highest BCUT2D eigenvalue weighted by atomic mass is 32.2. The van der Waals surface area contributed by atoms with Crippen LogP contribution in [0.1, 0.15) is 34.7 Å². The molecule has 1 aliphatic heterocycles. The predicted molar refractivity (Wildman–Crippen MR) is 100 cm³/mol. The maximum atomic E-state index is 12.2. The van der Waals surface area contributed by atoms with E-state index in [4.69, 9.17) is 4.74 Å².